The highest BCUT2D eigenvalue weighted by Crippen LogP contribution is 2.36. The summed E-state index contributed by atoms with van der Waals surface area (Å²) in [6, 6.07) is 19.6. The first kappa shape index (κ1) is 22.4. The molecule has 1 unspecified atom stereocenters. The number of aliphatic hydroxyl groups is 1. The van der Waals surface area contributed by atoms with Crippen LogP contribution < -0.4 is 10.6 Å². The third-order valence-corrected chi connectivity index (χ3v) is 6.39. The van der Waals surface area contributed by atoms with Crippen molar-refractivity contribution in [2.24, 2.45) is 0 Å². The van der Waals surface area contributed by atoms with E-state index >= 15 is 0 Å². The Labute approximate surface area is 205 Å². The van der Waals surface area contributed by atoms with Crippen LogP contribution in [0.5, 0.6) is 0 Å². The molecule has 3 N–H and O–H groups in total. The molecule has 172 valence electrons. The number of benzene rings is 3. The molecule has 0 bridgehead atoms. The average Bonchev–Trinajstić information content (AvgIpc) is 3.45. The molecule has 2 amide bonds. The normalized spacial score (nSPS) is 15.0. The van der Waals surface area contributed by atoms with Crippen molar-refractivity contribution in [2.45, 2.75) is 23.9 Å². The highest BCUT2D eigenvalue weighted by molar-refractivity contribution is 6.30. The summed E-state index contributed by atoms with van der Waals surface area (Å²) in [6.45, 7) is 0. The summed E-state index contributed by atoms with van der Waals surface area (Å²) in [5.41, 5.74) is 1.02. The molecule has 0 saturated heterocycles. The Morgan fingerprint density at radius 2 is 1.79 bits per heavy atom. The molecule has 9 heteroatoms. The Balaban J connectivity index is 1.36. The zero-order valence-electron chi connectivity index (χ0n) is 17.8. The summed E-state index contributed by atoms with van der Waals surface area (Å²) in [7, 11) is 0. The second-order valence-electron chi connectivity index (χ2n) is 8.22. The molecule has 3 aromatic carbocycles. The van der Waals surface area contributed by atoms with Crippen LogP contribution in [0.4, 0.5) is 5.69 Å². The Hall–Kier alpha value is -3.39. The van der Waals surface area contributed by atoms with E-state index < -0.39 is 17.0 Å². The fourth-order valence-corrected chi connectivity index (χ4v) is 4.02. The van der Waals surface area contributed by atoms with E-state index in [0.29, 0.717) is 34.7 Å². The van der Waals surface area contributed by atoms with Crippen LogP contribution in [0.3, 0.4) is 0 Å². The number of aromatic nitrogens is 2. The number of anilines is 1. The van der Waals surface area contributed by atoms with E-state index in [2.05, 4.69) is 15.7 Å². The summed E-state index contributed by atoms with van der Waals surface area (Å²) < 4.78 is 1.77. The van der Waals surface area contributed by atoms with Crippen LogP contribution in [-0.2, 0) is 4.79 Å². The van der Waals surface area contributed by atoms with E-state index in [1.54, 1.807) is 53.3 Å². The topological polar surface area (TPSA) is 96.3 Å². The monoisotopic (exact) mass is 494 g/mol. The molecular weight excluding hydrogens is 475 g/mol. The minimum absolute atomic E-state index is 0.329. The van der Waals surface area contributed by atoms with Crippen molar-refractivity contribution >= 4 is 51.6 Å². The van der Waals surface area contributed by atoms with Crippen molar-refractivity contribution in [3.8, 4) is 5.69 Å². The number of alkyl halides is 1. The maximum absolute atomic E-state index is 13.0. The van der Waals surface area contributed by atoms with Gasteiger partial charge in [-0.15, -0.1) is 0 Å². The van der Waals surface area contributed by atoms with Gasteiger partial charge >= 0.3 is 0 Å². The Morgan fingerprint density at radius 1 is 1.06 bits per heavy atom. The highest BCUT2D eigenvalue weighted by Gasteiger charge is 2.48. The second kappa shape index (κ2) is 8.76. The van der Waals surface area contributed by atoms with E-state index in [0.717, 1.165) is 16.6 Å². The van der Waals surface area contributed by atoms with Crippen LogP contribution in [0.15, 0.2) is 72.9 Å². The fraction of sp³-hybridized carbons (Fsp3) is 0.160. The first-order valence-corrected chi connectivity index (χ1v) is 11.5. The number of nitrogens with zero attached hydrogens (tertiary/aromatic N) is 2. The van der Waals surface area contributed by atoms with Crippen molar-refractivity contribution in [2.75, 3.05) is 5.32 Å². The van der Waals surface area contributed by atoms with Crippen LogP contribution >= 0.6 is 23.2 Å². The van der Waals surface area contributed by atoms with Crippen molar-refractivity contribution in [1.29, 1.82) is 0 Å². The number of carbonyl (C=O) groups is 2. The number of fused-ring (bicyclic) bond motifs is 1. The lowest BCUT2D eigenvalue weighted by Gasteiger charge is -2.16. The maximum Gasteiger partial charge on any atom is 0.255 e. The van der Waals surface area contributed by atoms with Gasteiger partial charge in [0.2, 0.25) is 0 Å². The van der Waals surface area contributed by atoms with Gasteiger partial charge in [-0.2, -0.15) is 5.10 Å². The lowest BCUT2D eigenvalue weighted by atomic mass is 10.1. The number of rotatable bonds is 6. The smallest absolute Gasteiger partial charge is 0.255 e. The number of hydrogen-bond donors (Lipinski definition) is 3. The van der Waals surface area contributed by atoms with Gasteiger partial charge in [0.25, 0.3) is 11.8 Å². The molecule has 0 radical (unpaired) electrons. The first-order valence-electron chi connectivity index (χ1n) is 10.7. The molecule has 1 fully saturated rings. The number of hydrogen-bond acceptors (Lipinski definition) is 4. The summed E-state index contributed by atoms with van der Waals surface area (Å²) in [4.78, 5) is 25.1. The molecule has 1 aliphatic carbocycles. The van der Waals surface area contributed by atoms with Crippen LogP contribution in [0, 0.1) is 0 Å². The zero-order valence-corrected chi connectivity index (χ0v) is 19.3. The summed E-state index contributed by atoms with van der Waals surface area (Å²) in [5.74, 6) is -0.837. The molecule has 1 aliphatic rings. The lowest BCUT2D eigenvalue weighted by molar-refractivity contribution is -0.131. The highest BCUT2D eigenvalue weighted by atomic mass is 35.5. The van der Waals surface area contributed by atoms with Crippen LogP contribution in [0.25, 0.3) is 16.6 Å². The fourth-order valence-electron chi connectivity index (χ4n) is 3.66. The van der Waals surface area contributed by atoms with Gasteiger partial charge < -0.3 is 15.7 Å². The predicted molar refractivity (Wildman–Crippen MR) is 131 cm³/mol. The zero-order chi connectivity index (χ0) is 23.9. The minimum atomic E-state index is -1.32. The van der Waals surface area contributed by atoms with Gasteiger partial charge in [0, 0.05) is 16.0 Å². The van der Waals surface area contributed by atoms with Crippen LogP contribution in [0.1, 0.15) is 34.3 Å². The number of carbonyl (C=O) groups excluding carboxylic acids is 2. The average molecular weight is 495 g/mol. The molecule has 7 nitrogen and oxygen atoms in total. The van der Waals surface area contributed by atoms with Gasteiger partial charge in [-0.3, -0.25) is 9.59 Å². The van der Waals surface area contributed by atoms with Crippen LogP contribution in [-0.4, -0.2) is 32.3 Å². The second-order valence-corrected chi connectivity index (χ2v) is 9.09. The molecule has 5 rings (SSSR count). The molecule has 0 aliphatic heterocycles. The van der Waals surface area contributed by atoms with Crippen molar-refractivity contribution in [1.82, 2.24) is 15.1 Å². The van der Waals surface area contributed by atoms with Crippen molar-refractivity contribution in [3.05, 3.63) is 89.1 Å². The third kappa shape index (κ3) is 4.37. The molecule has 1 saturated carbocycles. The van der Waals surface area contributed by atoms with Gasteiger partial charge in [0.1, 0.15) is 11.1 Å². The van der Waals surface area contributed by atoms with E-state index in [-0.39, 0.29) is 5.91 Å². The minimum Gasteiger partial charge on any atom is -0.380 e. The van der Waals surface area contributed by atoms with Gasteiger partial charge in [-0.25, -0.2) is 4.68 Å². The van der Waals surface area contributed by atoms with Crippen molar-refractivity contribution in [3.63, 3.8) is 0 Å². The Bertz CT molecular complexity index is 1400. The molecular formula is C25H20Cl2N4O3. The van der Waals surface area contributed by atoms with Gasteiger partial charge in [-0.1, -0.05) is 41.4 Å². The van der Waals surface area contributed by atoms with E-state index in [1.807, 2.05) is 24.3 Å². The Morgan fingerprint density at radius 3 is 2.53 bits per heavy atom. The van der Waals surface area contributed by atoms with E-state index in [9.17, 15) is 14.7 Å². The van der Waals surface area contributed by atoms with Crippen LogP contribution in [0.2, 0.25) is 5.02 Å². The molecule has 1 heterocycles. The molecule has 34 heavy (non-hydrogen) atoms. The van der Waals surface area contributed by atoms with E-state index in [4.69, 9.17) is 23.2 Å². The maximum atomic E-state index is 13.0. The molecule has 4 aromatic rings. The van der Waals surface area contributed by atoms with Gasteiger partial charge in [0.15, 0.2) is 0 Å². The van der Waals surface area contributed by atoms with Gasteiger partial charge in [-0.05, 0) is 66.9 Å². The number of halogens is 2. The van der Waals surface area contributed by atoms with Crippen molar-refractivity contribution < 1.29 is 14.7 Å². The first-order chi connectivity index (χ1) is 16.3. The molecule has 1 aromatic heterocycles. The lowest BCUT2D eigenvalue weighted by Crippen LogP contribution is -2.37. The predicted octanol–water partition coefficient (Wildman–Crippen LogP) is 4.81. The SMILES string of the molecule is O=C(Nc1cccc2c1cnn2-c1ccc(Cl)cc1)c1cccc(C(Cl)NC(=O)C2(O)CC2)c1. The Kier molecular flexibility index (Phi) is 5.77. The quantitative estimate of drug-likeness (QED) is 0.264. The molecule has 0 spiro atoms. The van der Waals surface area contributed by atoms with E-state index in [1.165, 1.54) is 0 Å². The van der Waals surface area contributed by atoms with Gasteiger partial charge in [0.05, 0.1) is 23.1 Å². The standard InChI is InChI=1S/C25H20Cl2N4O3/c26-17-7-9-18(10-8-17)31-21-6-2-5-20(19(21)14-28-31)29-23(32)16-4-1-3-15(13-16)22(27)30-24(33)25(34)11-12-25/h1-10,13-14,22,34H,11-12H2,(H,29,32)(H,30,33). The molecule has 1 atom stereocenters. The summed E-state index contributed by atoms with van der Waals surface area (Å²) in [6.07, 6.45) is 2.54. The number of amides is 2. The summed E-state index contributed by atoms with van der Waals surface area (Å²) >= 11 is 12.3. The third-order valence-electron chi connectivity index (χ3n) is 5.78. The number of nitrogens with one attached hydrogen (secondary N) is 2. The summed E-state index contributed by atoms with van der Waals surface area (Å²) in [5, 5.41) is 21.3. The largest absolute Gasteiger partial charge is 0.380 e.